The lowest BCUT2D eigenvalue weighted by molar-refractivity contribution is -0.113. The molecule has 1 amide bonds. The molecular formula is C20H20BrNO3. The van der Waals surface area contributed by atoms with Gasteiger partial charge in [0.15, 0.2) is 11.5 Å². The Morgan fingerprint density at radius 1 is 1.12 bits per heavy atom. The molecule has 0 bridgehead atoms. The molecule has 0 radical (unpaired) electrons. The van der Waals surface area contributed by atoms with Crippen molar-refractivity contribution in [3.05, 3.63) is 52.0 Å². The van der Waals surface area contributed by atoms with E-state index in [1.165, 1.54) is 0 Å². The van der Waals surface area contributed by atoms with Crippen LogP contribution >= 0.6 is 15.9 Å². The maximum absolute atomic E-state index is 12.9. The van der Waals surface area contributed by atoms with Crippen LogP contribution in [-0.2, 0) is 4.79 Å². The minimum Gasteiger partial charge on any atom is -0.493 e. The maximum atomic E-state index is 12.9. The Bertz CT molecular complexity index is 845. The van der Waals surface area contributed by atoms with Crippen molar-refractivity contribution in [2.24, 2.45) is 0 Å². The van der Waals surface area contributed by atoms with Gasteiger partial charge in [-0.25, -0.2) is 0 Å². The number of benzene rings is 2. The van der Waals surface area contributed by atoms with Gasteiger partial charge < -0.3 is 14.4 Å². The van der Waals surface area contributed by atoms with Crippen molar-refractivity contribution in [2.45, 2.75) is 13.3 Å². The molecule has 0 fully saturated rings. The van der Waals surface area contributed by atoms with Crippen molar-refractivity contribution >= 4 is 39.2 Å². The van der Waals surface area contributed by atoms with Crippen LogP contribution in [0.1, 0.15) is 24.5 Å². The van der Waals surface area contributed by atoms with Crippen LogP contribution in [0.15, 0.2) is 40.9 Å². The largest absolute Gasteiger partial charge is 0.493 e. The van der Waals surface area contributed by atoms with E-state index in [1.807, 2.05) is 47.4 Å². The van der Waals surface area contributed by atoms with Crippen LogP contribution < -0.4 is 14.4 Å². The van der Waals surface area contributed by atoms with Crippen LogP contribution in [0.5, 0.6) is 11.5 Å². The Kier molecular flexibility index (Phi) is 5.13. The zero-order valence-corrected chi connectivity index (χ0v) is 16.1. The zero-order chi connectivity index (χ0) is 18.0. The van der Waals surface area contributed by atoms with Crippen LogP contribution in [0, 0.1) is 0 Å². The SMILES string of the molecule is CCCN1C(=O)/C(=C\c2cc(OC)c(OC)cc2Br)c2ccccc21. The third-order valence-electron chi connectivity index (χ3n) is 4.21. The second-order valence-electron chi connectivity index (χ2n) is 5.76. The molecule has 0 spiro atoms. The predicted octanol–water partition coefficient (Wildman–Crippen LogP) is 4.76. The first-order valence-electron chi connectivity index (χ1n) is 8.15. The molecule has 0 unspecified atom stereocenters. The van der Waals surface area contributed by atoms with Gasteiger partial charge in [-0.15, -0.1) is 0 Å². The van der Waals surface area contributed by atoms with Crippen molar-refractivity contribution in [3.8, 4) is 11.5 Å². The molecule has 0 aliphatic carbocycles. The topological polar surface area (TPSA) is 38.8 Å². The van der Waals surface area contributed by atoms with Gasteiger partial charge in [-0.1, -0.05) is 41.1 Å². The number of hydrogen-bond acceptors (Lipinski definition) is 3. The molecule has 0 N–H and O–H groups in total. The zero-order valence-electron chi connectivity index (χ0n) is 14.5. The van der Waals surface area contributed by atoms with E-state index in [9.17, 15) is 4.79 Å². The van der Waals surface area contributed by atoms with Gasteiger partial charge in [-0.05, 0) is 36.3 Å². The highest BCUT2D eigenvalue weighted by molar-refractivity contribution is 9.10. The molecule has 1 heterocycles. The monoisotopic (exact) mass is 401 g/mol. The van der Waals surface area contributed by atoms with E-state index in [2.05, 4.69) is 22.9 Å². The number of methoxy groups -OCH3 is 2. The molecule has 5 heteroatoms. The summed E-state index contributed by atoms with van der Waals surface area (Å²) in [6.45, 7) is 2.78. The average molecular weight is 402 g/mol. The van der Waals surface area contributed by atoms with Gasteiger partial charge >= 0.3 is 0 Å². The highest BCUT2D eigenvalue weighted by atomic mass is 79.9. The fourth-order valence-electron chi connectivity index (χ4n) is 3.03. The summed E-state index contributed by atoms with van der Waals surface area (Å²) in [7, 11) is 3.20. The Hall–Kier alpha value is -2.27. The highest BCUT2D eigenvalue weighted by Crippen LogP contribution is 2.40. The summed E-state index contributed by atoms with van der Waals surface area (Å²) < 4.78 is 11.5. The third kappa shape index (κ3) is 3.16. The molecule has 2 aromatic rings. The van der Waals surface area contributed by atoms with Gasteiger partial charge in [-0.2, -0.15) is 0 Å². The predicted molar refractivity (Wildman–Crippen MR) is 104 cm³/mol. The molecule has 0 saturated carbocycles. The summed E-state index contributed by atoms with van der Waals surface area (Å²) >= 11 is 3.56. The quantitative estimate of drug-likeness (QED) is 0.677. The lowest BCUT2D eigenvalue weighted by Crippen LogP contribution is -2.26. The molecule has 0 aromatic heterocycles. The van der Waals surface area contributed by atoms with E-state index in [1.54, 1.807) is 14.2 Å². The fraction of sp³-hybridized carbons (Fsp3) is 0.250. The molecule has 1 aliphatic rings. The Labute approximate surface area is 156 Å². The molecule has 0 atom stereocenters. The average Bonchev–Trinajstić information content (AvgIpc) is 2.89. The van der Waals surface area contributed by atoms with Crippen LogP contribution in [0.3, 0.4) is 0 Å². The van der Waals surface area contributed by atoms with E-state index < -0.39 is 0 Å². The molecule has 3 rings (SSSR count). The number of para-hydroxylation sites is 1. The number of rotatable bonds is 5. The van der Waals surface area contributed by atoms with Crippen LogP contribution in [0.25, 0.3) is 11.6 Å². The summed E-state index contributed by atoms with van der Waals surface area (Å²) in [5.41, 5.74) is 3.49. The van der Waals surface area contributed by atoms with Crippen molar-refractivity contribution in [1.29, 1.82) is 0 Å². The molecule has 25 heavy (non-hydrogen) atoms. The van der Waals surface area contributed by atoms with Crippen LogP contribution in [0.4, 0.5) is 5.69 Å². The number of anilines is 1. The Balaban J connectivity index is 2.11. The van der Waals surface area contributed by atoms with Crippen molar-refractivity contribution in [2.75, 3.05) is 25.7 Å². The Morgan fingerprint density at radius 3 is 2.48 bits per heavy atom. The molecule has 2 aromatic carbocycles. The number of nitrogens with zero attached hydrogens (tertiary/aromatic N) is 1. The second kappa shape index (κ2) is 7.31. The number of fused-ring (bicyclic) bond motifs is 1. The smallest absolute Gasteiger partial charge is 0.258 e. The minimum absolute atomic E-state index is 0.0322. The van der Waals surface area contributed by atoms with Gasteiger partial charge in [-0.3, -0.25) is 4.79 Å². The molecule has 4 nitrogen and oxygen atoms in total. The van der Waals surface area contributed by atoms with E-state index in [-0.39, 0.29) is 5.91 Å². The number of amides is 1. The van der Waals surface area contributed by atoms with E-state index in [0.717, 1.165) is 27.7 Å². The molecule has 130 valence electrons. The molecule has 1 aliphatic heterocycles. The summed E-state index contributed by atoms with van der Waals surface area (Å²) in [6.07, 6.45) is 2.82. The van der Waals surface area contributed by atoms with E-state index in [4.69, 9.17) is 9.47 Å². The van der Waals surface area contributed by atoms with E-state index in [0.29, 0.717) is 23.6 Å². The summed E-state index contributed by atoms with van der Waals surface area (Å²) in [5.74, 6) is 1.30. The summed E-state index contributed by atoms with van der Waals surface area (Å²) in [6, 6.07) is 11.6. The summed E-state index contributed by atoms with van der Waals surface area (Å²) in [5, 5.41) is 0. The normalized spacial score (nSPS) is 14.8. The number of halogens is 1. The fourth-order valence-corrected chi connectivity index (χ4v) is 3.46. The van der Waals surface area contributed by atoms with E-state index >= 15 is 0 Å². The van der Waals surface area contributed by atoms with Crippen LogP contribution in [0.2, 0.25) is 0 Å². The van der Waals surface area contributed by atoms with Gasteiger partial charge in [0.1, 0.15) is 0 Å². The van der Waals surface area contributed by atoms with Gasteiger partial charge in [0.05, 0.1) is 19.9 Å². The molecule has 0 saturated heterocycles. The van der Waals surface area contributed by atoms with Crippen molar-refractivity contribution < 1.29 is 14.3 Å². The number of ether oxygens (including phenoxy) is 2. The standard InChI is InChI=1S/C20H20BrNO3/c1-4-9-22-17-8-6-5-7-14(17)15(20(22)23)10-13-11-18(24-2)19(25-3)12-16(13)21/h5-8,10-12H,4,9H2,1-3H3/b15-10-. The van der Waals surface area contributed by atoms with Crippen molar-refractivity contribution in [3.63, 3.8) is 0 Å². The minimum atomic E-state index is 0.0322. The first kappa shape index (κ1) is 17.5. The number of hydrogen-bond donors (Lipinski definition) is 0. The van der Waals surface area contributed by atoms with Gasteiger partial charge in [0, 0.05) is 22.2 Å². The second-order valence-corrected chi connectivity index (χ2v) is 6.61. The first-order valence-corrected chi connectivity index (χ1v) is 8.94. The number of carbonyl (C=O) groups excluding carboxylic acids is 1. The lowest BCUT2D eigenvalue weighted by atomic mass is 10.0. The highest BCUT2D eigenvalue weighted by Gasteiger charge is 2.31. The van der Waals surface area contributed by atoms with Crippen LogP contribution in [-0.4, -0.2) is 26.7 Å². The van der Waals surface area contributed by atoms with Gasteiger partial charge in [0.25, 0.3) is 5.91 Å². The number of carbonyl (C=O) groups is 1. The van der Waals surface area contributed by atoms with Gasteiger partial charge in [0.2, 0.25) is 0 Å². The lowest BCUT2D eigenvalue weighted by Gasteiger charge is -2.15. The first-order chi connectivity index (χ1) is 12.1. The molecular weight excluding hydrogens is 382 g/mol. The maximum Gasteiger partial charge on any atom is 0.258 e. The third-order valence-corrected chi connectivity index (χ3v) is 4.90. The Morgan fingerprint density at radius 2 is 1.80 bits per heavy atom. The van der Waals surface area contributed by atoms with Crippen molar-refractivity contribution in [1.82, 2.24) is 0 Å². The summed E-state index contributed by atoms with van der Waals surface area (Å²) in [4.78, 5) is 14.8.